The van der Waals surface area contributed by atoms with E-state index in [0.717, 1.165) is 0 Å². The molecule has 1 rings (SSSR count). The van der Waals surface area contributed by atoms with Gasteiger partial charge < -0.3 is 5.73 Å². The van der Waals surface area contributed by atoms with Gasteiger partial charge >= 0.3 is 0 Å². The monoisotopic (exact) mass is 154 g/mol. The van der Waals surface area contributed by atoms with Crippen LogP contribution in [0.5, 0.6) is 0 Å². The molecule has 0 saturated carbocycles. The highest BCUT2D eigenvalue weighted by molar-refractivity contribution is 5.31. The lowest BCUT2D eigenvalue weighted by Gasteiger charge is -2.05. The van der Waals surface area contributed by atoms with Crippen LogP contribution in [0.15, 0.2) is 12.3 Å². The van der Waals surface area contributed by atoms with E-state index in [1.54, 1.807) is 0 Å². The van der Waals surface area contributed by atoms with Gasteiger partial charge in [-0.25, -0.2) is 9.37 Å². The molecule has 60 valence electrons. The van der Waals surface area contributed by atoms with Crippen molar-refractivity contribution in [3.05, 3.63) is 23.6 Å². The summed E-state index contributed by atoms with van der Waals surface area (Å²) in [4.78, 5) is 3.80. The van der Waals surface area contributed by atoms with Gasteiger partial charge in [-0.3, -0.25) is 0 Å². The topological polar surface area (TPSA) is 38.9 Å². The Morgan fingerprint density at radius 1 is 1.55 bits per heavy atom. The molecular weight excluding hydrogens is 143 g/mol. The van der Waals surface area contributed by atoms with Gasteiger partial charge in [-0.2, -0.15) is 0 Å². The predicted octanol–water partition coefficient (Wildman–Crippen LogP) is 1.93. The molecule has 0 radical (unpaired) electrons. The molecule has 0 spiro atoms. The Labute approximate surface area is 65.3 Å². The quantitative estimate of drug-likeness (QED) is 0.671. The molecule has 1 aromatic rings. The highest BCUT2D eigenvalue weighted by Crippen LogP contribution is 2.17. The Bertz CT molecular complexity index is 258. The molecule has 0 fully saturated rings. The molecule has 0 aromatic carbocycles. The van der Waals surface area contributed by atoms with Crippen LogP contribution in [0, 0.1) is 5.82 Å². The van der Waals surface area contributed by atoms with Crippen LogP contribution in [0.25, 0.3) is 0 Å². The normalized spacial score (nSPS) is 10.5. The summed E-state index contributed by atoms with van der Waals surface area (Å²) >= 11 is 0. The van der Waals surface area contributed by atoms with Gasteiger partial charge in [0, 0.05) is 17.8 Å². The summed E-state index contributed by atoms with van der Waals surface area (Å²) in [5.74, 6) is 0.113. The van der Waals surface area contributed by atoms with Crippen LogP contribution in [0.4, 0.5) is 10.2 Å². The molecule has 0 bridgehead atoms. The zero-order valence-electron chi connectivity index (χ0n) is 6.63. The molecule has 0 unspecified atom stereocenters. The maximum Gasteiger partial charge on any atom is 0.131 e. The van der Waals surface area contributed by atoms with E-state index in [9.17, 15) is 4.39 Å². The second-order valence-corrected chi connectivity index (χ2v) is 2.79. The molecule has 1 aromatic heterocycles. The van der Waals surface area contributed by atoms with Crippen molar-refractivity contribution < 1.29 is 4.39 Å². The lowest BCUT2D eigenvalue weighted by Crippen LogP contribution is -1.97. The smallest absolute Gasteiger partial charge is 0.131 e. The molecule has 0 aliphatic carbocycles. The minimum atomic E-state index is -0.271. The number of nitrogen functional groups attached to an aromatic ring is 1. The van der Waals surface area contributed by atoms with Gasteiger partial charge in [0.05, 0.1) is 0 Å². The largest absolute Gasteiger partial charge is 0.384 e. The van der Waals surface area contributed by atoms with Crippen LogP contribution in [-0.2, 0) is 0 Å². The lowest BCUT2D eigenvalue weighted by atomic mass is 10.1. The van der Waals surface area contributed by atoms with Gasteiger partial charge in [0.15, 0.2) is 0 Å². The van der Waals surface area contributed by atoms with E-state index >= 15 is 0 Å². The minimum Gasteiger partial charge on any atom is -0.384 e. The van der Waals surface area contributed by atoms with Crippen molar-refractivity contribution in [2.75, 3.05) is 5.73 Å². The molecule has 0 atom stereocenters. The summed E-state index contributed by atoms with van der Waals surface area (Å²) in [5, 5.41) is 0. The van der Waals surface area contributed by atoms with Gasteiger partial charge in [0.25, 0.3) is 0 Å². The molecule has 0 amide bonds. The van der Waals surface area contributed by atoms with E-state index in [1.165, 1.54) is 12.3 Å². The molecular formula is C8H11FN2. The maximum atomic E-state index is 13.0. The number of pyridine rings is 1. The highest BCUT2D eigenvalue weighted by Gasteiger charge is 2.06. The van der Waals surface area contributed by atoms with Crippen LogP contribution in [0.2, 0.25) is 0 Å². The summed E-state index contributed by atoms with van der Waals surface area (Å²) in [5.41, 5.74) is 5.89. The summed E-state index contributed by atoms with van der Waals surface area (Å²) in [6.07, 6.45) is 1.48. The third kappa shape index (κ3) is 1.67. The molecule has 0 aliphatic heterocycles. The Morgan fingerprint density at radius 2 is 2.18 bits per heavy atom. The van der Waals surface area contributed by atoms with E-state index in [4.69, 9.17) is 5.73 Å². The number of hydrogen-bond acceptors (Lipinski definition) is 2. The van der Waals surface area contributed by atoms with Crippen LogP contribution in [0.1, 0.15) is 25.3 Å². The zero-order valence-corrected chi connectivity index (χ0v) is 6.63. The fourth-order valence-corrected chi connectivity index (χ4v) is 0.881. The second kappa shape index (κ2) is 2.86. The van der Waals surface area contributed by atoms with Gasteiger partial charge in [0.2, 0.25) is 0 Å². The predicted molar refractivity (Wildman–Crippen MR) is 42.7 cm³/mol. The van der Waals surface area contributed by atoms with Crippen molar-refractivity contribution in [1.82, 2.24) is 4.98 Å². The summed E-state index contributed by atoms with van der Waals surface area (Å²) in [7, 11) is 0. The van der Waals surface area contributed by atoms with Crippen LogP contribution < -0.4 is 5.73 Å². The van der Waals surface area contributed by atoms with Gasteiger partial charge in [-0.1, -0.05) is 13.8 Å². The van der Waals surface area contributed by atoms with E-state index in [-0.39, 0.29) is 17.6 Å². The average Bonchev–Trinajstić information content (AvgIpc) is 1.85. The summed E-state index contributed by atoms with van der Waals surface area (Å²) < 4.78 is 13.0. The Hall–Kier alpha value is -1.12. The van der Waals surface area contributed by atoms with Crippen molar-refractivity contribution in [2.24, 2.45) is 0 Å². The van der Waals surface area contributed by atoms with Crippen LogP contribution in [-0.4, -0.2) is 4.98 Å². The number of hydrogen-bond donors (Lipinski definition) is 1. The number of halogens is 1. The fraction of sp³-hybridized carbons (Fsp3) is 0.375. The number of anilines is 1. The van der Waals surface area contributed by atoms with Crippen LogP contribution >= 0.6 is 0 Å². The molecule has 0 aliphatic rings. The Kier molecular flexibility index (Phi) is 2.08. The van der Waals surface area contributed by atoms with Crippen molar-refractivity contribution >= 4 is 5.82 Å². The number of aromatic nitrogens is 1. The Balaban J connectivity index is 3.09. The van der Waals surface area contributed by atoms with Crippen LogP contribution in [0.3, 0.4) is 0 Å². The molecule has 0 saturated heterocycles. The Morgan fingerprint density at radius 3 is 2.64 bits per heavy atom. The van der Waals surface area contributed by atoms with E-state index < -0.39 is 0 Å². The SMILES string of the molecule is CC(C)c1cnc(N)cc1F. The third-order valence-corrected chi connectivity index (χ3v) is 1.53. The first-order valence-electron chi connectivity index (χ1n) is 3.52. The molecule has 1 heterocycles. The first kappa shape index (κ1) is 7.98. The third-order valence-electron chi connectivity index (χ3n) is 1.53. The molecule has 2 nitrogen and oxygen atoms in total. The lowest BCUT2D eigenvalue weighted by molar-refractivity contribution is 0.596. The van der Waals surface area contributed by atoms with Crippen molar-refractivity contribution in [3.63, 3.8) is 0 Å². The van der Waals surface area contributed by atoms with Gasteiger partial charge in [0.1, 0.15) is 11.6 Å². The summed E-state index contributed by atoms with van der Waals surface area (Å²) in [6.45, 7) is 3.83. The van der Waals surface area contributed by atoms with E-state index in [2.05, 4.69) is 4.98 Å². The van der Waals surface area contributed by atoms with Crippen molar-refractivity contribution in [1.29, 1.82) is 0 Å². The van der Waals surface area contributed by atoms with Gasteiger partial charge in [-0.15, -0.1) is 0 Å². The number of nitrogens with two attached hydrogens (primary N) is 1. The molecule has 11 heavy (non-hydrogen) atoms. The zero-order chi connectivity index (χ0) is 8.43. The maximum absolute atomic E-state index is 13.0. The number of rotatable bonds is 1. The van der Waals surface area contributed by atoms with Crippen molar-refractivity contribution in [3.8, 4) is 0 Å². The van der Waals surface area contributed by atoms with Gasteiger partial charge in [-0.05, 0) is 5.92 Å². The minimum absolute atomic E-state index is 0.156. The average molecular weight is 154 g/mol. The highest BCUT2D eigenvalue weighted by atomic mass is 19.1. The first-order valence-corrected chi connectivity index (χ1v) is 3.52. The second-order valence-electron chi connectivity index (χ2n) is 2.79. The standard InChI is InChI=1S/C8H11FN2/c1-5(2)6-4-11-8(10)3-7(6)9/h3-5H,1-2H3,(H2,10,11). The molecule has 3 heteroatoms. The van der Waals surface area contributed by atoms with E-state index in [1.807, 2.05) is 13.8 Å². The number of nitrogens with zero attached hydrogens (tertiary/aromatic N) is 1. The first-order chi connectivity index (χ1) is 5.11. The fourth-order valence-electron chi connectivity index (χ4n) is 0.881. The van der Waals surface area contributed by atoms with Crippen molar-refractivity contribution in [2.45, 2.75) is 19.8 Å². The molecule has 2 N–H and O–H groups in total. The van der Waals surface area contributed by atoms with E-state index in [0.29, 0.717) is 5.56 Å². The summed E-state index contributed by atoms with van der Waals surface area (Å²) in [6, 6.07) is 1.25.